The summed E-state index contributed by atoms with van der Waals surface area (Å²) in [6, 6.07) is 11.5. The molecule has 0 aliphatic heterocycles. The van der Waals surface area contributed by atoms with E-state index in [1.54, 1.807) is 14.2 Å². The number of nitrogens with one attached hydrogen (secondary N) is 2. The van der Waals surface area contributed by atoms with Crippen LogP contribution in [0.1, 0.15) is 5.56 Å². The number of anilines is 2. The van der Waals surface area contributed by atoms with Crippen molar-refractivity contribution in [3.63, 3.8) is 0 Å². The lowest BCUT2D eigenvalue weighted by molar-refractivity contribution is 0.405. The highest BCUT2D eigenvalue weighted by molar-refractivity contribution is 9.10. The van der Waals surface area contributed by atoms with Crippen LogP contribution in [-0.2, 0) is 0 Å². The molecule has 0 amide bonds. The quantitative estimate of drug-likeness (QED) is 0.759. The van der Waals surface area contributed by atoms with Gasteiger partial charge in [0.2, 0.25) is 0 Å². The summed E-state index contributed by atoms with van der Waals surface area (Å²) in [5.41, 5.74) is 2.79. The van der Waals surface area contributed by atoms with Crippen LogP contribution in [0, 0.1) is 6.92 Å². The lowest BCUT2D eigenvalue weighted by Gasteiger charge is -2.15. The van der Waals surface area contributed by atoms with Crippen molar-refractivity contribution in [1.82, 2.24) is 0 Å². The molecule has 0 saturated carbocycles. The molecule has 0 saturated heterocycles. The van der Waals surface area contributed by atoms with E-state index in [4.69, 9.17) is 21.7 Å². The molecule has 0 spiro atoms. The van der Waals surface area contributed by atoms with Crippen LogP contribution in [0.4, 0.5) is 11.4 Å². The molecule has 0 aliphatic rings. The summed E-state index contributed by atoms with van der Waals surface area (Å²) >= 11 is 8.81. The van der Waals surface area contributed by atoms with Crippen molar-refractivity contribution in [3.8, 4) is 11.5 Å². The van der Waals surface area contributed by atoms with Crippen LogP contribution in [0.2, 0.25) is 0 Å². The van der Waals surface area contributed by atoms with E-state index in [1.165, 1.54) is 0 Å². The number of rotatable bonds is 4. The number of hydrogen-bond acceptors (Lipinski definition) is 3. The molecule has 22 heavy (non-hydrogen) atoms. The highest BCUT2D eigenvalue weighted by Crippen LogP contribution is 2.29. The Kier molecular flexibility index (Phi) is 5.63. The first-order valence-corrected chi connectivity index (χ1v) is 7.80. The van der Waals surface area contributed by atoms with Crippen molar-refractivity contribution in [2.24, 2.45) is 0 Å². The topological polar surface area (TPSA) is 42.5 Å². The third-order valence-electron chi connectivity index (χ3n) is 3.09. The van der Waals surface area contributed by atoms with Gasteiger partial charge >= 0.3 is 0 Å². The zero-order chi connectivity index (χ0) is 16.1. The highest BCUT2D eigenvalue weighted by Gasteiger charge is 2.08. The van der Waals surface area contributed by atoms with Gasteiger partial charge in [0.25, 0.3) is 0 Å². The molecule has 2 aromatic rings. The van der Waals surface area contributed by atoms with Crippen molar-refractivity contribution < 1.29 is 9.47 Å². The van der Waals surface area contributed by atoms with Gasteiger partial charge < -0.3 is 20.1 Å². The molecule has 0 unspecified atom stereocenters. The maximum atomic E-state index is 5.37. The maximum Gasteiger partial charge on any atom is 0.175 e. The van der Waals surface area contributed by atoms with E-state index in [2.05, 4.69) is 26.6 Å². The summed E-state index contributed by atoms with van der Waals surface area (Å²) in [6.45, 7) is 2.02. The third-order valence-corrected chi connectivity index (χ3v) is 3.79. The monoisotopic (exact) mass is 380 g/mol. The summed E-state index contributed by atoms with van der Waals surface area (Å²) in [5, 5.41) is 6.79. The average Bonchev–Trinajstić information content (AvgIpc) is 2.50. The summed E-state index contributed by atoms with van der Waals surface area (Å²) in [4.78, 5) is 0. The number of halogens is 1. The van der Waals surface area contributed by atoms with Crippen molar-refractivity contribution in [3.05, 3.63) is 46.4 Å². The normalized spacial score (nSPS) is 10.0. The SMILES string of the molecule is COc1ccc(OC)c(NC(=S)Nc2ccc(Br)cc2C)c1. The van der Waals surface area contributed by atoms with E-state index in [0.29, 0.717) is 10.9 Å². The van der Waals surface area contributed by atoms with Crippen LogP contribution in [0.15, 0.2) is 40.9 Å². The van der Waals surface area contributed by atoms with Crippen molar-refractivity contribution >= 4 is 44.6 Å². The predicted octanol–water partition coefficient (Wildman–Crippen LogP) is 4.58. The second-order valence-corrected chi connectivity index (χ2v) is 5.93. The van der Waals surface area contributed by atoms with Crippen LogP contribution in [-0.4, -0.2) is 19.3 Å². The molecule has 2 rings (SSSR count). The van der Waals surface area contributed by atoms with Gasteiger partial charge in [-0.2, -0.15) is 0 Å². The summed E-state index contributed by atoms with van der Waals surface area (Å²) in [7, 11) is 3.23. The van der Waals surface area contributed by atoms with Crippen LogP contribution in [0.5, 0.6) is 11.5 Å². The number of hydrogen-bond donors (Lipinski definition) is 2. The number of aryl methyl sites for hydroxylation is 1. The van der Waals surface area contributed by atoms with Gasteiger partial charge in [-0.1, -0.05) is 15.9 Å². The zero-order valence-electron chi connectivity index (χ0n) is 12.6. The lowest BCUT2D eigenvalue weighted by Crippen LogP contribution is -2.20. The van der Waals surface area contributed by atoms with Crippen LogP contribution < -0.4 is 20.1 Å². The maximum absolute atomic E-state index is 5.37. The molecule has 0 bridgehead atoms. The fourth-order valence-electron chi connectivity index (χ4n) is 1.95. The van der Waals surface area contributed by atoms with Gasteiger partial charge in [0, 0.05) is 16.2 Å². The Hall–Kier alpha value is -1.79. The van der Waals surface area contributed by atoms with Crippen molar-refractivity contribution in [1.29, 1.82) is 0 Å². The first kappa shape index (κ1) is 16.6. The van der Waals surface area contributed by atoms with Gasteiger partial charge in [-0.05, 0) is 55.0 Å². The molecule has 2 N–H and O–H groups in total. The Labute approximate surface area is 144 Å². The fraction of sp³-hybridized carbons (Fsp3) is 0.188. The van der Waals surface area contributed by atoms with Crippen LogP contribution in [0.3, 0.4) is 0 Å². The molecular weight excluding hydrogens is 364 g/mol. The molecule has 6 heteroatoms. The number of thiocarbonyl (C=S) groups is 1. The van der Waals surface area contributed by atoms with E-state index in [-0.39, 0.29) is 0 Å². The van der Waals surface area contributed by atoms with Gasteiger partial charge in [0.05, 0.1) is 19.9 Å². The Morgan fingerprint density at radius 2 is 1.73 bits per heavy atom. The Balaban J connectivity index is 2.14. The van der Waals surface area contributed by atoms with Crippen molar-refractivity contribution in [2.75, 3.05) is 24.9 Å². The largest absolute Gasteiger partial charge is 0.497 e. The highest BCUT2D eigenvalue weighted by atomic mass is 79.9. The molecule has 0 aromatic heterocycles. The lowest BCUT2D eigenvalue weighted by atomic mass is 10.2. The molecule has 0 radical (unpaired) electrons. The van der Waals surface area contributed by atoms with Gasteiger partial charge in [0.15, 0.2) is 5.11 Å². The Morgan fingerprint density at radius 3 is 2.36 bits per heavy atom. The molecule has 0 aliphatic carbocycles. The number of benzene rings is 2. The van der Waals surface area contributed by atoms with E-state index in [1.807, 2.05) is 43.3 Å². The molecule has 4 nitrogen and oxygen atoms in total. The van der Waals surface area contributed by atoms with E-state index < -0.39 is 0 Å². The molecule has 2 aromatic carbocycles. The molecular formula is C16H17BrN2O2S. The summed E-state index contributed by atoms with van der Waals surface area (Å²) in [5.74, 6) is 1.42. The molecule has 0 heterocycles. The fourth-order valence-corrected chi connectivity index (χ4v) is 2.65. The summed E-state index contributed by atoms with van der Waals surface area (Å²) in [6.07, 6.45) is 0. The molecule has 0 fully saturated rings. The second-order valence-electron chi connectivity index (χ2n) is 4.60. The van der Waals surface area contributed by atoms with E-state index in [9.17, 15) is 0 Å². The van der Waals surface area contributed by atoms with Gasteiger partial charge in [-0.15, -0.1) is 0 Å². The zero-order valence-corrected chi connectivity index (χ0v) is 15.0. The minimum atomic E-state index is 0.483. The van der Waals surface area contributed by atoms with Gasteiger partial charge in [-0.25, -0.2) is 0 Å². The minimum Gasteiger partial charge on any atom is -0.497 e. The van der Waals surface area contributed by atoms with Crippen LogP contribution in [0.25, 0.3) is 0 Å². The van der Waals surface area contributed by atoms with Gasteiger partial charge in [0.1, 0.15) is 11.5 Å². The Bertz CT molecular complexity index is 692. The van der Waals surface area contributed by atoms with Gasteiger partial charge in [-0.3, -0.25) is 0 Å². The third kappa shape index (κ3) is 4.11. The first-order valence-electron chi connectivity index (χ1n) is 6.59. The second kappa shape index (κ2) is 7.47. The summed E-state index contributed by atoms with van der Waals surface area (Å²) < 4.78 is 11.6. The minimum absolute atomic E-state index is 0.483. The van der Waals surface area contributed by atoms with E-state index >= 15 is 0 Å². The van der Waals surface area contributed by atoms with Crippen LogP contribution >= 0.6 is 28.1 Å². The predicted molar refractivity (Wildman–Crippen MR) is 98.3 cm³/mol. The molecule has 116 valence electrons. The number of ether oxygens (including phenoxy) is 2. The smallest absolute Gasteiger partial charge is 0.175 e. The molecule has 0 atom stereocenters. The number of methoxy groups -OCH3 is 2. The van der Waals surface area contributed by atoms with E-state index in [0.717, 1.165) is 27.2 Å². The Morgan fingerprint density at radius 1 is 1.00 bits per heavy atom. The first-order chi connectivity index (χ1) is 10.5. The van der Waals surface area contributed by atoms with Crippen molar-refractivity contribution in [2.45, 2.75) is 6.92 Å². The average molecular weight is 381 g/mol. The standard InChI is InChI=1S/C16H17BrN2O2S/c1-10-8-11(17)4-6-13(10)18-16(22)19-14-9-12(20-2)5-7-15(14)21-3/h4-9H,1-3H3,(H2,18,19,22).